The SMILES string of the molecule is O=C(O)c1cc(Br)cc(NCC(F)(F)C(F)F)c1. The molecule has 8 heteroatoms. The van der Waals surface area contributed by atoms with Crippen LogP contribution in [-0.4, -0.2) is 30.0 Å². The van der Waals surface area contributed by atoms with Gasteiger partial charge in [0.2, 0.25) is 0 Å². The lowest BCUT2D eigenvalue weighted by atomic mass is 10.2. The van der Waals surface area contributed by atoms with E-state index < -0.39 is 24.9 Å². The molecule has 0 spiro atoms. The number of anilines is 1. The largest absolute Gasteiger partial charge is 0.478 e. The number of benzene rings is 1. The highest BCUT2D eigenvalue weighted by Crippen LogP contribution is 2.25. The lowest BCUT2D eigenvalue weighted by Gasteiger charge is -2.16. The Bertz CT molecular complexity index is 454. The van der Waals surface area contributed by atoms with E-state index in [-0.39, 0.29) is 11.3 Å². The van der Waals surface area contributed by atoms with Crippen molar-refractivity contribution < 1.29 is 27.5 Å². The monoisotopic (exact) mass is 329 g/mol. The average molecular weight is 330 g/mol. The van der Waals surface area contributed by atoms with Gasteiger partial charge in [0.15, 0.2) is 0 Å². The first kappa shape index (κ1) is 14.7. The Morgan fingerprint density at radius 1 is 1.39 bits per heavy atom. The fourth-order valence-corrected chi connectivity index (χ4v) is 1.61. The second-order valence-electron chi connectivity index (χ2n) is 3.45. The van der Waals surface area contributed by atoms with Crippen molar-refractivity contribution in [3.63, 3.8) is 0 Å². The summed E-state index contributed by atoms with van der Waals surface area (Å²) in [5, 5.41) is 10.8. The third kappa shape index (κ3) is 3.86. The van der Waals surface area contributed by atoms with Crippen LogP contribution in [0.25, 0.3) is 0 Å². The third-order valence-electron chi connectivity index (χ3n) is 1.99. The van der Waals surface area contributed by atoms with Crippen LogP contribution in [0, 0.1) is 0 Å². The molecule has 0 aliphatic rings. The van der Waals surface area contributed by atoms with Crippen molar-refractivity contribution in [1.82, 2.24) is 0 Å². The first-order chi connectivity index (χ1) is 8.22. The smallest absolute Gasteiger partial charge is 0.335 e. The van der Waals surface area contributed by atoms with Gasteiger partial charge in [0.05, 0.1) is 12.1 Å². The zero-order valence-electron chi connectivity index (χ0n) is 8.76. The summed E-state index contributed by atoms with van der Waals surface area (Å²) in [6.45, 7) is -1.28. The second-order valence-corrected chi connectivity index (χ2v) is 4.36. The van der Waals surface area contributed by atoms with E-state index >= 15 is 0 Å². The van der Waals surface area contributed by atoms with Crippen LogP contribution < -0.4 is 5.32 Å². The number of alkyl halides is 4. The fourth-order valence-electron chi connectivity index (χ4n) is 1.11. The van der Waals surface area contributed by atoms with Crippen LogP contribution >= 0.6 is 15.9 Å². The summed E-state index contributed by atoms with van der Waals surface area (Å²) < 4.78 is 49.5. The molecular formula is C10H8BrF4NO2. The summed E-state index contributed by atoms with van der Waals surface area (Å²) in [6.07, 6.45) is -3.78. The molecule has 0 fully saturated rings. The molecule has 1 aromatic rings. The zero-order chi connectivity index (χ0) is 13.9. The Kier molecular flexibility index (Phi) is 4.55. The number of rotatable bonds is 5. The van der Waals surface area contributed by atoms with Crippen LogP contribution in [0.4, 0.5) is 23.2 Å². The highest BCUT2D eigenvalue weighted by molar-refractivity contribution is 9.10. The first-order valence-electron chi connectivity index (χ1n) is 4.66. The van der Waals surface area contributed by atoms with E-state index in [2.05, 4.69) is 21.2 Å². The van der Waals surface area contributed by atoms with Gasteiger partial charge in [0.1, 0.15) is 0 Å². The normalized spacial score (nSPS) is 11.7. The second kappa shape index (κ2) is 5.55. The van der Waals surface area contributed by atoms with Gasteiger partial charge < -0.3 is 10.4 Å². The minimum Gasteiger partial charge on any atom is -0.478 e. The molecule has 0 aromatic heterocycles. The van der Waals surface area contributed by atoms with Gasteiger partial charge in [-0.3, -0.25) is 0 Å². The van der Waals surface area contributed by atoms with E-state index in [1.165, 1.54) is 12.1 Å². The van der Waals surface area contributed by atoms with Crippen molar-refractivity contribution in [2.45, 2.75) is 12.3 Å². The molecule has 0 bridgehead atoms. The summed E-state index contributed by atoms with van der Waals surface area (Å²) in [4.78, 5) is 10.7. The van der Waals surface area contributed by atoms with Gasteiger partial charge in [-0.1, -0.05) is 15.9 Å². The lowest BCUT2D eigenvalue weighted by molar-refractivity contribution is -0.117. The highest BCUT2D eigenvalue weighted by atomic mass is 79.9. The van der Waals surface area contributed by atoms with Gasteiger partial charge in [0.25, 0.3) is 0 Å². The van der Waals surface area contributed by atoms with Crippen LogP contribution in [-0.2, 0) is 0 Å². The maximum absolute atomic E-state index is 12.7. The molecule has 0 aliphatic carbocycles. The summed E-state index contributed by atoms with van der Waals surface area (Å²) >= 11 is 2.99. The number of hydrogen-bond acceptors (Lipinski definition) is 2. The third-order valence-corrected chi connectivity index (χ3v) is 2.45. The molecule has 1 aromatic carbocycles. The minimum absolute atomic E-state index is 0.0158. The summed E-state index contributed by atoms with van der Waals surface area (Å²) in [6, 6.07) is 3.65. The van der Waals surface area contributed by atoms with Crippen molar-refractivity contribution in [2.75, 3.05) is 11.9 Å². The topological polar surface area (TPSA) is 49.3 Å². The van der Waals surface area contributed by atoms with Crippen molar-refractivity contribution in [3.05, 3.63) is 28.2 Å². The molecule has 0 heterocycles. The predicted octanol–water partition coefficient (Wildman–Crippen LogP) is 3.46. The molecule has 0 saturated heterocycles. The number of hydrogen-bond donors (Lipinski definition) is 2. The molecule has 0 saturated carbocycles. The maximum atomic E-state index is 12.7. The van der Waals surface area contributed by atoms with Crippen molar-refractivity contribution in [3.8, 4) is 0 Å². The van der Waals surface area contributed by atoms with E-state index in [9.17, 15) is 22.4 Å². The maximum Gasteiger partial charge on any atom is 0.335 e. The number of aromatic carboxylic acids is 1. The molecular weight excluding hydrogens is 322 g/mol. The predicted molar refractivity (Wildman–Crippen MR) is 60.5 cm³/mol. The summed E-state index contributed by atoms with van der Waals surface area (Å²) in [7, 11) is 0. The number of nitrogens with one attached hydrogen (secondary N) is 1. The molecule has 100 valence electrons. The Morgan fingerprint density at radius 3 is 2.50 bits per heavy atom. The summed E-state index contributed by atoms with van der Waals surface area (Å²) in [5.74, 6) is -5.42. The van der Waals surface area contributed by atoms with E-state index in [0.29, 0.717) is 4.47 Å². The standard InChI is InChI=1S/C10H8BrF4NO2/c11-6-1-5(8(17)18)2-7(3-6)16-4-10(14,15)9(12)13/h1-3,9,16H,4H2,(H,17,18). The van der Waals surface area contributed by atoms with Crippen LogP contribution in [0.2, 0.25) is 0 Å². The molecule has 1 rings (SSSR count). The molecule has 0 amide bonds. The number of carboxylic acid groups (broad SMARTS) is 1. The quantitative estimate of drug-likeness (QED) is 0.813. The average Bonchev–Trinajstić information content (AvgIpc) is 2.25. The Hall–Kier alpha value is -1.31. The van der Waals surface area contributed by atoms with E-state index in [1.807, 2.05) is 0 Å². The van der Waals surface area contributed by atoms with Crippen LogP contribution in [0.1, 0.15) is 10.4 Å². The van der Waals surface area contributed by atoms with Crippen LogP contribution in [0.5, 0.6) is 0 Å². The molecule has 0 atom stereocenters. The Labute approximate surface area is 108 Å². The molecule has 0 aliphatic heterocycles. The lowest BCUT2D eigenvalue weighted by Crippen LogP contribution is -2.34. The van der Waals surface area contributed by atoms with E-state index in [4.69, 9.17) is 5.11 Å². The number of carboxylic acids is 1. The highest BCUT2D eigenvalue weighted by Gasteiger charge is 2.40. The zero-order valence-corrected chi connectivity index (χ0v) is 10.3. The van der Waals surface area contributed by atoms with E-state index in [0.717, 1.165) is 6.07 Å². The van der Waals surface area contributed by atoms with Gasteiger partial charge in [0, 0.05) is 10.2 Å². The van der Waals surface area contributed by atoms with Crippen molar-refractivity contribution in [2.24, 2.45) is 0 Å². The molecule has 3 nitrogen and oxygen atoms in total. The molecule has 2 N–H and O–H groups in total. The van der Waals surface area contributed by atoms with Crippen LogP contribution in [0.3, 0.4) is 0 Å². The first-order valence-corrected chi connectivity index (χ1v) is 5.45. The molecule has 0 unspecified atom stereocenters. The van der Waals surface area contributed by atoms with Gasteiger partial charge in [-0.15, -0.1) is 0 Å². The van der Waals surface area contributed by atoms with Crippen LogP contribution in [0.15, 0.2) is 22.7 Å². The minimum atomic E-state index is -4.17. The van der Waals surface area contributed by atoms with Crippen molar-refractivity contribution in [1.29, 1.82) is 0 Å². The van der Waals surface area contributed by atoms with Gasteiger partial charge in [-0.2, -0.15) is 8.78 Å². The van der Waals surface area contributed by atoms with Gasteiger partial charge >= 0.3 is 18.3 Å². The number of halogens is 5. The van der Waals surface area contributed by atoms with Gasteiger partial charge in [-0.25, -0.2) is 13.6 Å². The van der Waals surface area contributed by atoms with Crippen molar-refractivity contribution >= 4 is 27.6 Å². The Morgan fingerprint density at radius 2 is 2.00 bits per heavy atom. The number of carbonyl (C=O) groups is 1. The molecule has 0 radical (unpaired) electrons. The summed E-state index contributed by atoms with van der Waals surface area (Å²) in [5.41, 5.74) is -0.130. The Balaban J connectivity index is 2.83. The fraction of sp³-hybridized carbons (Fsp3) is 0.300. The molecule has 18 heavy (non-hydrogen) atoms. The van der Waals surface area contributed by atoms with Gasteiger partial charge in [-0.05, 0) is 18.2 Å². The van der Waals surface area contributed by atoms with E-state index in [1.54, 1.807) is 0 Å².